The number of hydrogen-bond acceptors (Lipinski definition) is 6. The van der Waals surface area contributed by atoms with Gasteiger partial charge in [0.15, 0.2) is 6.61 Å². The second kappa shape index (κ2) is 11.8. The van der Waals surface area contributed by atoms with Crippen LogP contribution in [0, 0.1) is 0 Å². The largest absolute Gasteiger partial charge is 0.494 e. The first-order valence-corrected chi connectivity index (χ1v) is 9.77. The molecule has 0 aliphatic heterocycles. The third kappa shape index (κ3) is 7.70. The van der Waals surface area contributed by atoms with Gasteiger partial charge in [-0.1, -0.05) is 23.9 Å². The molecule has 10 heteroatoms. The standard InChI is InChI=1S/C20H20F2N2O5S/c1-2-28-14-9-7-13(8-10-14)19(27)23-11-18(26)29-12-17(25)24-15-5-3-4-6-16(15)30-20(21)22/h3-10,20H,2,11-12H2,1H3,(H,23,27)(H,24,25). The van der Waals surface area contributed by atoms with Crippen LogP contribution in [0.5, 0.6) is 5.75 Å². The molecule has 0 spiro atoms. The highest BCUT2D eigenvalue weighted by molar-refractivity contribution is 7.99. The summed E-state index contributed by atoms with van der Waals surface area (Å²) in [6.45, 7) is 1.29. The highest BCUT2D eigenvalue weighted by Gasteiger charge is 2.14. The van der Waals surface area contributed by atoms with Gasteiger partial charge in [-0.05, 0) is 43.3 Å². The number of para-hydroxylation sites is 1. The number of nitrogens with one attached hydrogen (secondary N) is 2. The molecule has 0 saturated heterocycles. The number of carbonyl (C=O) groups excluding carboxylic acids is 3. The van der Waals surface area contributed by atoms with Crippen molar-refractivity contribution in [1.29, 1.82) is 0 Å². The van der Waals surface area contributed by atoms with Crippen LogP contribution in [0.1, 0.15) is 17.3 Å². The van der Waals surface area contributed by atoms with E-state index in [1.54, 1.807) is 36.4 Å². The molecule has 0 saturated carbocycles. The van der Waals surface area contributed by atoms with Gasteiger partial charge < -0.3 is 20.1 Å². The summed E-state index contributed by atoms with van der Waals surface area (Å²) in [5.41, 5.74) is 0.518. The molecule has 0 atom stereocenters. The number of hydrogen-bond donors (Lipinski definition) is 2. The molecule has 2 aromatic carbocycles. The van der Waals surface area contributed by atoms with Crippen molar-refractivity contribution in [2.75, 3.05) is 25.1 Å². The summed E-state index contributed by atoms with van der Waals surface area (Å²) in [7, 11) is 0. The van der Waals surface area contributed by atoms with Crippen LogP contribution < -0.4 is 15.4 Å². The van der Waals surface area contributed by atoms with Crippen molar-refractivity contribution < 1.29 is 32.6 Å². The van der Waals surface area contributed by atoms with E-state index >= 15 is 0 Å². The third-order valence-electron chi connectivity index (χ3n) is 3.56. The van der Waals surface area contributed by atoms with Crippen molar-refractivity contribution in [3.05, 3.63) is 54.1 Å². The molecule has 0 aliphatic carbocycles. The van der Waals surface area contributed by atoms with Gasteiger partial charge in [0.1, 0.15) is 12.3 Å². The van der Waals surface area contributed by atoms with E-state index in [9.17, 15) is 23.2 Å². The van der Waals surface area contributed by atoms with E-state index in [-0.39, 0.29) is 10.6 Å². The molecule has 0 heterocycles. The topological polar surface area (TPSA) is 93.7 Å². The van der Waals surface area contributed by atoms with E-state index in [2.05, 4.69) is 10.6 Å². The van der Waals surface area contributed by atoms with Gasteiger partial charge in [0, 0.05) is 10.5 Å². The Labute approximate surface area is 176 Å². The Kier molecular flexibility index (Phi) is 9.07. The third-order valence-corrected chi connectivity index (χ3v) is 4.35. The summed E-state index contributed by atoms with van der Waals surface area (Å²) in [6.07, 6.45) is 0. The summed E-state index contributed by atoms with van der Waals surface area (Å²) in [4.78, 5) is 35.9. The van der Waals surface area contributed by atoms with E-state index in [0.717, 1.165) is 0 Å². The zero-order valence-corrected chi connectivity index (χ0v) is 16.8. The average Bonchev–Trinajstić information content (AvgIpc) is 2.72. The Morgan fingerprint density at radius 3 is 2.43 bits per heavy atom. The van der Waals surface area contributed by atoms with Crippen LogP contribution in [-0.2, 0) is 14.3 Å². The molecule has 160 valence electrons. The number of carbonyl (C=O) groups is 3. The Hall–Kier alpha value is -3.14. The lowest BCUT2D eigenvalue weighted by Gasteiger charge is -2.11. The van der Waals surface area contributed by atoms with Crippen molar-refractivity contribution in [3.63, 3.8) is 0 Å². The molecule has 0 unspecified atom stereocenters. The minimum Gasteiger partial charge on any atom is -0.494 e. The monoisotopic (exact) mass is 438 g/mol. The van der Waals surface area contributed by atoms with Gasteiger partial charge in [-0.15, -0.1) is 0 Å². The van der Waals surface area contributed by atoms with Crippen molar-refractivity contribution in [2.24, 2.45) is 0 Å². The molecule has 30 heavy (non-hydrogen) atoms. The molecule has 0 aliphatic rings. The minimum atomic E-state index is -2.64. The second-order valence-corrected chi connectivity index (χ2v) is 6.76. The maximum absolute atomic E-state index is 12.6. The van der Waals surface area contributed by atoms with Gasteiger partial charge in [0.2, 0.25) is 0 Å². The minimum absolute atomic E-state index is 0.188. The van der Waals surface area contributed by atoms with Crippen LogP contribution >= 0.6 is 11.8 Å². The predicted octanol–water partition coefficient (Wildman–Crippen LogP) is 3.31. The van der Waals surface area contributed by atoms with E-state index < -0.39 is 36.7 Å². The number of rotatable bonds is 10. The predicted molar refractivity (Wildman–Crippen MR) is 108 cm³/mol. The molecule has 2 aromatic rings. The molecule has 7 nitrogen and oxygen atoms in total. The van der Waals surface area contributed by atoms with Gasteiger partial charge in [-0.3, -0.25) is 14.4 Å². The van der Waals surface area contributed by atoms with Gasteiger partial charge in [-0.25, -0.2) is 0 Å². The number of thioether (sulfide) groups is 1. The first kappa shape index (κ1) is 23.1. The van der Waals surface area contributed by atoms with Gasteiger partial charge in [0.25, 0.3) is 17.6 Å². The number of esters is 1. The Balaban J connectivity index is 1.76. The van der Waals surface area contributed by atoms with Gasteiger partial charge in [0.05, 0.1) is 12.3 Å². The Morgan fingerprint density at radius 1 is 1.07 bits per heavy atom. The first-order chi connectivity index (χ1) is 14.4. The van der Waals surface area contributed by atoms with Crippen LogP contribution in [0.25, 0.3) is 0 Å². The van der Waals surface area contributed by atoms with Crippen molar-refractivity contribution >= 4 is 35.2 Å². The lowest BCUT2D eigenvalue weighted by Crippen LogP contribution is -2.32. The highest BCUT2D eigenvalue weighted by atomic mass is 32.2. The molecule has 2 rings (SSSR count). The average molecular weight is 438 g/mol. The Morgan fingerprint density at radius 2 is 1.77 bits per heavy atom. The van der Waals surface area contributed by atoms with Crippen LogP contribution in [0.4, 0.5) is 14.5 Å². The molecular weight excluding hydrogens is 418 g/mol. The summed E-state index contributed by atoms with van der Waals surface area (Å²) >= 11 is 0.293. The van der Waals surface area contributed by atoms with E-state index in [1.807, 2.05) is 6.92 Å². The number of anilines is 1. The molecular formula is C20H20F2N2O5S. The second-order valence-electron chi connectivity index (χ2n) is 5.72. The molecule has 0 bridgehead atoms. The number of amides is 2. The van der Waals surface area contributed by atoms with E-state index in [4.69, 9.17) is 9.47 Å². The number of benzene rings is 2. The number of ether oxygens (including phenoxy) is 2. The lowest BCUT2D eigenvalue weighted by atomic mass is 10.2. The van der Waals surface area contributed by atoms with E-state index in [0.29, 0.717) is 29.7 Å². The normalized spacial score (nSPS) is 10.4. The van der Waals surface area contributed by atoms with Gasteiger partial charge >= 0.3 is 5.97 Å². The van der Waals surface area contributed by atoms with Crippen LogP contribution in [-0.4, -0.2) is 43.3 Å². The zero-order chi connectivity index (χ0) is 21.9. The lowest BCUT2D eigenvalue weighted by molar-refractivity contribution is -0.146. The van der Waals surface area contributed by atoms with Crippen molar-refractivity contribution in [3.8, 4) is 5.75 Å². The van der Waals surface area contributed by atoms with Crippen LogP contribution in [0.2, 0.25) is 0 Å². The summed E-state index contributed by atoms with van der Waals surface area (Å²) in [5, 5.41) is 4.79. The van der Waals surface area contributed by atoms with Crippen molar-refractivity contribution in [2.45, 2.75) is 17.6 Å². The Bertz CT molecular complexity index is 878. The maximum atomic E-state index is 12.6. The fourth-order valence-electron chi connectivity index (χ4n) is 2.28. The SMILES string of the molecule is CCOc1ccc(C(=O)NCC(=O)OCC(=O)Nc2ccccc2SC(F)F)cc1. The molecule has 0 fully saturated rings. The quantitative estimate of drug-likeness (QED) is 0.437. The smallest absolute Gasteiger partial charge is 0.325 e. The maximum Gasteiger partial charge on any atom is 0.325 e. The van der Waals surface area contributed by atoms with Gasteiger partial charge in [-0.2, -0.15) is 8.78 Å². The van der Waals surface area contributed by atoms with Crippen LogP contribution in [0.3, 0.4) is 0 Å². The summed E-state index contributed by atoms with van der Waals surface area (Å²) in [6, 6.07) is 12.4. The zero-order valence-electron chi connectivity index (χ0n) is 16.0. The summed E-state index contributed by atoms with van der Waals surface area (Å²) < 4.78 is 35.2. The fourth-order valence-corrected chi connectivity index (χ4v) is 2.87. The van der Waals surface area contributed by atoms with Crippen LogP contribution in [0.15, 0.2) is 53.4 Å². The molecule has 2 N–H and O–H groups in total. The molecule has 0 aromatic heterocycles. The number of halogens is 2. The molecule has 0 radical (unpaired) electrons. The van der Waals surface area contributed by atoms with Crippen molar-refractivity contribution in [1.82, 2.24) is 5.32 Å². The van der Waals surface area contributed by atoms with E-state index in [1.165, 1.54) is 12.1 Å². The highest BCUT2D eigenvalue weighted by Crippen LogP contribution is 2.31. The fraction of sp³-hybridized carbons (Fsp3) is 0.250. The summed E-state index contributed by atoms with van der Waals surface area (Å²) in [5.74, 6) is -4.02. The first-order valence-electron chi connectivity index (χ1n) is 8.89. The number of alkyl halides is 2. The molecule has 2 amide bonds.